The summed E-state index contributed by atoms with van der Waals surface area (Å²) in [5.41, 5.74) is 0.601. The Morgan fingerprint density at radius 3 is 2.62 bits per heavy atom. The van der Waals surface area contributed by atoms with Gasteiger partial charge >= 0.3 is 11.9 Å². The number of ether oxygens (including phenoxy) is 1. The highest BCUT2D eigenvalue weighted by atomic mass is 32.2. The van der Waals surface area contributed by atoms with Crippen LogP contribution in [0.1, 0.15) is 17.3 Å². The van der Waals surface area contributed by atoms with Gasteiger partial charge in [-0.05, 0) is 12.1 Å². The van der Waals surface area contributed by atoms with Crippen LogP contribution in [0.25, 0.3) is 0 Å². The van der Waals surface area contributed by atoms with E-state index in [-0.39, 0.29) is 12.3 Å². The summed E-state index contributed by atoms with van der Waals surface area (Å²) in [6.45, 7) is 1.05. The molecule has 26 heavy (non-hydrogen) atoms. The fraction of sp³-hybridized carbons (Fsp3) is 0.294. The predicted molar refractivity (Wildman–Crippen MR) is 92.1 cm³/mol. The zero-order valence-corrected chi connectivity index (χ0v) is 14.6. The van der Waals surface area contributed by atoms with E-state index in [9.17, 15) is 24.3 Å². The third kappa shape index (κ3) is 3.30. The van der Waals surface area contributed by atoms with Gasteiger partial charge in [0.1, 0.15) is 23.7 Å². The molecule has 1 fully saturated rings. The minimum atomic E-state index is -1.27. The lowest BCUT2D eigenvalue weighted by Crippen LogP contribution is -2.70. The summed E-state index contributed by atoms with van der Waals surface area (Å²) in [4.78, 5) is 48.4. The molecular formula is C17H16N2O6S. The Kier molecular flexibility index (Phi) is 4.99. The van der Waals surface area contributed by atoms with Crippen molar-refractivity contribution >= 4 is 35.5 Å². The number of nitrogens with one attached hydrogen (secondary N) is 1. The molecule has 0 bridgehead atoms. The lowest BCUT2D eigenvalue weighted by molar-refractivity contribution is -0.149. The Balaban J connectivity index is 1.76. The summed E-state index contributed by atoms with van der Waals surface area (Å²) in [6.07, 6.45) is 0. The highest BCUT2D eigenvalue weighted by Gasteiger charge is 2.54. The van der Waals surface area contributed by atoms with Gasteiger partial charge in [0.2, 0.25) is 0 Å². The molecule has 0 saturated carbocycles. The van der Waals surface area contributed by atoms with E-state index in [1.54, 1.807) is 30.3 Å². The van der Waals surface area contributed by atoms with E-state index in [0.29, 0.717) is 16.9 Å². The smallest absolute Gasteiger partial charge is 0.352 e. The summed E-state index contributed by atoms with van der Waals surface area (Å²) in [5.74, 6) is -2.39. The SMILES string of the molecule is CC(=O)OCC1=C(C(=O)O)N2C(=O)[C@H](NC(=O)c3ccccc3)[C@H]2SC1. The maximum Gasteiger partial charge on any atom is 0.352 e. The van der Waals surface area contributed by atoms with Gasteiger partial charge in [-0.25, -0.2) is 4.79 Å². The van der Waals surface area contributed by atoms with E-state index in [4.69, 9.17) is 4.74 Å². The van der Waals surface area contributed by atoms with E-state index >= 15 is 0 Å². The normalized spacial score (nSPS) is 21.6. The number of carbonyl (C=O) groups excluding carboxylic acids is 3. The fourth-order valence-corrected chi connectivity index (χ4v) is 4.12. The number of fused-ring (bicyclic) bond motifs is 1. The number of thioether (sulfide) groups is 1. The number of carbonyl (C=O) groups is 4. The van der Waals surface area contributed by atoms with Crippen LogP contribution >= 0.6 is 11.8 Å². The highest BCUT2D eigenvalue weighted by molar-refractivity contribution is 8.00. The molecule has 2 N–H and O–H groups in total. The van der Waals surface area contributed by atoms with Crippen LogP contribution in [-0.4, -0.2) is 57.5 Å². The molecular weight excluding hydrogens is 360 g/mol. The molecule has 2 aliphatic heterocycles. The Bertz CT molecular complexity index is 807. The number of aliphatic carboxylic acids is 1. The number of rotatable bonds is 5. The van der Waals surface area contributed by atoms with Gasteiger partial charge < -0.3 is 15.2 Å². The number of carboxylic acids is 1. The topological polar surface area (TPSA) is 113 Å². The molecule has 1 saturated heterocycles. The van der Waals surface area contributed by atoms with Crippen molar-refractivity contribution in [1.82, 2.24) is 10.2 Å². The summed E-state index contributed by atoms with van der Waals surface area (Å²) in [7, 11) is 0. The maximum absolute atomic E-state index is 12.5. The standard InChI is InChI=1S/C17H16N2O6S/c1-9(20)25-7-11-8-26-16-12(15(22)19(16)13(11)17(23)24)18-14(21)10-5-3-2-4-6-10/h2-6,12,16H,7-8H2,1H3,(H,18,21)(H,23,24)/t12-,16+/m0/s1. The minimum absolute atomic E-state index is 0.176. The predicted octanol–water partition coefficient (Wildman–Crippen LogP) is 0.602. The zero-order chi connectivity index (χ0) is 18.8. The number of benzene rings is 1. The van der Waals surface area contributed by atoms with Gasteiger partial charge in [-0.3, -0.25) is 19.3 Å². The molecule has 1 aromatic carbocycles. The Morgan fingerprint density at radius 1 is 1.31 bits per heavy atom. The monoisotopic (exact) mass is 376 g/mol. The molecule has 0 aliphatic carbocycles. The number of amides is 2. The number of β-lactam (4-membered cyclic amide) rings is 1. The lowest BCUT2D eigenvalue weighted by Gasteiger charge is -2.49. The third-order valence-electron chi connectivity index (χ3n) is 4.02. The van der Waals surface area contributed by atoms with E-state index in [1.165, 1.54) is 18.7 Å². The first-order valence-corrected chi connectivity index (χ1v) is 8.84. The number of hydrogen-bond acceptors (Lipinski definition) is 6. The molecule has 2 atom stereocenters. The summed E-state index contributed by atoms with van der Waals surface area (Å²) in [5, 5.41) is 11.6. The first-order chi connectivity index (χ1) is 12.4. The molecule has 8 nitrogen and oxygen atoms in total. The third-order valence-corrected chi connectivity index (χ3v) is 5.36. The van der Waals surface area contributed by atoms with Gasteiger partial charge in [-0.1, -0.05) is 18.2 Å². The number of esters is 1. The van der Waals surface area contributed by atoms with Crippen LogP contribution in [0.5, 0.6) is 0 Å². The van der Waals surface area contributed by atoms with Crippen LogP contribution in [0, 0.1) is 0 Å². The lowest BCUT2D eigenvalue weighted by atomic mass is 10.0. The van der Waals surface area contributed by atoms with Gasteiger partial charge in [-0.15, -0.1) is 11.8 Å². The Hall–Kier alpha value is -2.81. The van der Waals surface area contributed by atoms with Crippen molar-refractivity contribution in [3.63, 3.8) is 0 Å². The number of carboxylic acid groups (broad SMARTS) is 1. The average Bonchev–Trinajstić information content (AvgIpc) is 2.63. The Labute approximate surface area is 153 Å². The van der Waals surface area contributed by atoms with Crippen LogP contribution in [0.4, 0.5) is 0 Å². The average molecular weight is 376 g/mol. The first kappa shape index (κ1) is 18.0. The van der Waals surface area contributed by atoms with E-state index in [2.05, 4.69) is 5.32 Å². The van der Waals surface area contributed by atoms with Gasteiger partial charge in [-0.2, -0.15) is 0 Å². The molecule has 1 aromatic rings. The van der Waals surface area contributed by atoms with Gasteiger partial charge in [0.25, 0.3) is 11.8 Å². The molecule has 2 amide bonds. The van der Waals surface area contributed by atoms with Gasteiger partial charge in [0, 0.05) is 23.8 Å². The van der Waals surface area contributed by atoms with E-state index < -0.39 is 35.2 Å². The van der Waals surface area contributed by atoms with Crippen molar-refractivity contribution in [3.05, 3.63) is 47.2 Å². The molecule has 3 rings (SSSR count). The second-order valence-corrected chi connectivity index (χ2v) is 6.87. The molecule has 0 spiro atoms. The molecule has 136 valence electrons. The molecule has 2 aliphatic rings. The minimum Gasteiger partial charge on any atom is -0.477 e. The van der Waals surface area contributed by atoms with Crippen LogP contribution in [-0.2, 0) is 19.1 Å². The largest absolute Gasteiger partial charge is 0.477 e. The quantitative estimate of drug-likeness (QED) is 0.571. The van der Waals surface area contributed by atoms with Crippen molar-refractivity contribution < 1.29 is 29.0 Å². The molecule has 0 radical (unpaired) electrons. The van der Waals surface area contributed by atoms with Gasteiger partial charge in [0.05, 0.1) is 0 Å². The van der Waals surface area contributed by atoms with Crippen molar-refractivity contribution in [3.8, 4) is 0 Å². The molecule has 9 heteroatoms. The van der Waals surface area contributed by atoms with Crippen LogP contribution in [0.3, 0.4) is 0 Å². The van der Waals surface area contributed by atoms with E-state index in [0.717, 1.165) is 4.90 Å². The van der Waals surface area contributed by atoms with Crippen LogP contribution in [0.15, 0.2) is 41.6 Å². The van der Waals surface area contributed by atoms with Crippen molar-refractivity contribution in [1.29, 1.82) is 0 Å². The summed E-state index contributed by atoms with van der Waals surface area (Å²) < 4.78 is 4.87. The zero-order valence-electron chi connectivity index (χ0n) is 13.8. The van der Waals surface area contributed by atoms with E-state index in [1.807, 2.05) is 0 Å². The van der Waals surface area contributed by atoms with Crippen LogP contribution < -0.4 is 5.32 Å². The fourth-order valence-electron chi connectivity index (χ4n) is 2.80. The summed E-state index contributed by atoms with van der Waals surface area (Å²) in [6, 6.07) is 7.67. The van der Waals surface area contributed by atoms with Gasteiger partial charge in [0.15, 0.2) is 0 Å². The number of nitrogens with zero attached hydrogens (tertiary/aromatic N) is 1. The maximum atomic E-state index is 12.5. The van der Waals surface area contributed by atoms with Crippen LogP contribution in [0.2, 0.25) is 0 Å². The van der Waals surface area contributed by atoms with Crippen molar-refractivity contribution in [2.45, 2.75) is 18.3 Å². The second kappa shape index (κ2) is 7.20. The highest BCUT2D eigenvalue weighted by Crippen LogP contribution is 2.40. The molecule has 0 unspecified atom stereocenters. The number of hydrogen-bond donors (Lipinski definition) is 2. The summed E-state index contributed by atoms with van der Waals surface area (Å²) >= 11 is 1.32. The second-order valence-electron chi connectivity index (χ2n) is 5.76. The Morgan fingerprint density at radius 2 is 2.00 bits per heavy atom. The molecule has 0 aromatic heterocycles. The van der Waals surface area contributed by atoms with Crippen molar-refractivity contribution in [2.75, 3.05) is 12.4 Å². The van der Waals surface area contributed by atoms with Crippen molar-refractivity contribution in [2.24, 2.45) is 0 Å². The molecule has 2 heterocycles. The first-order valence-electron chi connectivity index (χ1n) is 7.79.